The summed E-state index contributed by atoms with van der Waals surface area (Å²) in [5, 5.41) is 4.53. The SMILES string of the molecule is COc1ccc(Cl)cc1NC(=S)N1CCC2(CC1)OCCCO2. The van der Waals surface area contributed by atoms with Crippen LogP contribution in [0.5, 0.6) is 5.75 Å². The maximum Gasteiger partial charge on any atom is 0.173 e. The van der Waals surface area contributed by atoms with Gasteiger partial charge in [0, 0.05) is 31.0 Å². The number of ether oxygens (including phenoxy) is 3. The summed E-state index contributed by atoms with van der Waals surface area (Å²) >= 11 is 11.6. The highest BCUT2D eigenvalue weighted by Crippen LogP contribution is 2.32. The minimum Gasteiger partial charge on any atom is -0.495 e. The smallest absolute Gasteiger partial charge is 0.173 e. The van der Waals surface area contributed by atoms with E-state index in [0.717, 1.165) is 51.3 Å². The molecule has 2 fully saturated rings. The number of nitrogens with one attached hydrogen (secondary N) is 1. The number of benzene rings is 1. The normalized spacial score (nSPS) is 20.3. The summed E-state index contributed by atoms with van der Waals surface area (Å²) in [6.45, 7) is 3.16. The van der Waals surface area contributed by atoms with Gasteiger partial charge in [-0.05, 0) is 36.8 Å². The van der Waals surface area contributed by atoms with Crippen molar-refractivity contribution in [2.75, 3.05) is 38.7 Å². The molecule has 0 unspecified atom stereocenters. The summed E-state index contributed by atoms with van der Waals surface area (Å²) in [6, 6.07) is 5.42. The topological polar surface area (TPSA) is 43.0 Å². The Morgan fingerprint density at radius 2 is 2.00 bits per heavy atom. The zero-order valence-electron chi connectivity index (χ0n) is 13.1. The predicted molar refractivity (Wildman–Crippen MR) is 94.3 cm³/mol. The molecule has 1 N–H and O–H groups in total. The number of hydrogen-bond acceptors (Lipinski definition) is 4. The number of anilines is 1. The predicted octanol–water partition coefficient (Wildman–Crippen LogP) is 3.27. The lowest BCUT2D eigenvalue weighted by atomic mass is 10.0. The van der Waals surface area contributed by atoms with E-state index in [1.165, 1.54) is 0 Å². The van der Waals surface area contributed by atoms with Crippen molar-refractivity contribution in [3.05, 3.63) is 23.2 Å². The maximum atomic E-state index is 6.05. The van der Waals surface area contributed by atoms with Crippen molar-refractivity contribution in [3.8, 4) is 5.75 Å². The number of hydrogen-bond donors (Lipinski definition) is 1. The Kier molecular flexibility index (Phi) is 5.26. The van der Waals surface area contributed by atoms with Crippen LogP contribution in [-0.4, -0.2) is 49.2 Å². The van der Waals surface area contributed by atoms with Crippen molar-refractivity contribution < 1.29 is 14.2 Å². The van der Waals surface area contributed by atoms with E-state index >= 15 is 0 Å². The van der Waals surface area contributed by atoms with Crippen molar-refractivity contribution >= 4 is 34.6 Å². The van der Waals surface area contributed by atoms with E-state index in [4.69, 9.17) is 38.0 Å². The Bertz CT molecular complexity index is 568. The Morgan fingerprint density at radius 1 is 1.30 bits per heavy atom. The summed E-state index contributed by atoms with van der Waals surface area (Å²) in [5.41, 5.74) is 0.774. The highest BCUT2D eigenvalue weighted by atomic mass is 35.5. The first-order valence-electron chi connectivity index (χ1n) is 7.79. The zero-order chi connectivity index (χ0) is 16.3. The van der Waals surface area contributed by atoms with E-state index in [0.29, 0.717) is 15.9 Å². The molecule has 0 saturated carbocycles. The fraction of sp³-hybridized carbons (Fsp3) is 0.562. The number of nitrogens with zero attached hydrogens (tertiary/aromatic N) is 1. The average molecular weight is 357 g/mol. The van der Waals surface area contributed by atoms with Gasteiger partial charge in [0.25, 0.3) is 0 Å². The van der Waals surface area contributed by atoms with Crippen molar-refractivity contribution in [2.45, 2.75) is 25.0 Å². The molecule has 2 heterocycles. The van der Waals surface area contributed by atoms with Gasteiger partial charge in [-0.1, -0.05) is 11.6 Å². The minimum atomic E-state index is -0.405. The average Bonchev–Trinajstić information content (AvgIpc) is 2.56. The third-order valence-electron chi connectivity index (χ3n) is 4.23. The van der Waals surface area contributed by atoms with Crippen molar-refractivity contribution in [1.29, 1.82) is 0 Å². The third-order valence-corrected chi connectivity index (χ3v) is 4.83. The van der Waals surface area contributed by atoms with Crippen LogP contribution in [0.4, 0.5) is 5.69 Å². The molecule has 126 valence electrons. The van der Waals surface area contributed by atoms with Gasteiger partial charge in [-0.15, -0.1) is 0 Å². The van der Waals surface area contributed by atoms with Gasteiger partial charge < -0.3 is 24.4 Å². The Morgan fingerprint density at radius 3 is 2.65 bits per heavy atom. The summed E-state index contributed by atoms with van der Waals surface area (Å²) < 4.78 is 17.0. The second-order valence-electron chi connectivity index (χ2n) is 5.72. The van der Waals surface area contributed by atoms with E-state index in [9.17, 15) is 0 Å². The summed E-state index contributed by atoms with van der Waals surface area (Å²) in [6.07, 6.45) is 2.61. The van der Waals surface area contributed by atoms with Crippen LogP contribution in [0.3, 0.4) is 0 Å². The number of likely N-dealkylation sites (tertiary alicyclic amines) is 1. The van der Waals surface area contributed by atoms with Crippen LogP contribution in [0, 0.1) is 0 Å². The summed E-state index contributed by atoms with van der Waals surface area (Å²) in [5.74, 6) is 0.308. The van der Waals surface area contributed by atoms with Crippen LogP contribution in [0.1, 0.15) is 19.3 Å². The highest BCUT2D eigenvalue weighted by Gasteiger charge is 2.38. The fourth-order valence-corrected chi connectivity index (χ4v) is 3.39. The Balaban J connectivity index is 1.60. The molecule has 2 aliphatic rings. The number of halogens is 1. The molecule has 0 aromatic heterocycles. The highest BCUT2D eigenvalue weighted by molar-refractivity contribution is 7.80. The molecule has 1 spiro atoms. The minimum absolute atomic E-state index is 0.405. The molecular formula is C16H21ClN2O3S. The third kappa shape index (κ3) is 3.88. The number of rotatable bonds is 2. The van der Waals surface area contributed by atoms with E-state index in [-0.39, 0.29) is 0 Å². The van der Waals surface area contributed by atoms with Crippen LogP contribution in [0.25, 0.3) is 0 Å². The van der Waals surface area contributed by atoms with Crippen LogP contribution in [-0.2, 0) is 9.47 Å². The Labute approximate surface area is 146 Å². The summed E-state index contributed by atoms with van der Waals surface area (Å²) in [4.78, 5) is 2.13. The van der Waals surface area contributed by atoms with E-state index in [1.54, 1.807) is 13.2 Å². The van der Waals surface area contributed by atoms with Crippen LogP contribution in [0.2, 0.25) is 5.02 Å². The lowest BCUT2D eigenvalue weighted by Gasteiger charge is -2.44. The molecule has 0 amide bonds. The standard InChI is InChI=1S/C16H21ClN2O3S/c1-20-14-4-3-12(17)11-13(14)18-15(23)19-7-5-16(6-8-19)21-9-2-10-22-16/h3-4,11H,2,5-10H2,1H3,(H,18,23). The number of thiocarbonyl (C=S) groups is 1. The van der Waals surface area contributed by atoms with Crippen molar-refractivity contribution in [3.63, 3.8) is 0 Å². The fourth-order valence-electron chi connectivity index (χ4n) is 2.93. The Hall–Kier alpha value is -1.08. The second-order valence-corrected chi connectivity index (χ2v) is 6.55. The first-order chi connectivity index (χ1) is 11.1. The monoisotopic (exact) mass is 356 g/mol. The molecule has 23 heavy (non-hydrogen) atoms. The molecule has 1 aromatic rings. The lowest BCUT2D eigenvalue weighted by Crippen LogP contribution is -2.52. The molecule has 0 radical (unpaired) electrons. The van der Waals surface area contributed by atoms with Crippen molar-refractivity contribution in [1.82, 2.24) is 4.90 Å². The molecule has 2 aliphatic heterocycles. The van der Waals surface area contributed by atoms with Gasteiger partial charge in [0.05, 0.1) is 26.0 Å². The first kappa shape index (κ1) is 16.8. The lowest BCUT2D eigenvalue weighted by molar-refractivity contribution is -0.281. The molecule has 3 rings (SSSR count). The van der Waals surface area contributed by atoms with Gasteiger partial charge in [0.1, 0.15) is 5.75 Å². The van der Waals surface area contributed by atoms with Crippen LogP contribution >= 0.6 is 23.8 Å². The van der Waals surface area contributed by atoms with Gasteiger partial charge in [-0.2, -0.15) is 0 Å². The molecule has 2 saturated heterocycles. The van der Waals surface area contributed by atoms with Crippen molar-refractivity contribution in [2.24, 2.45) is 0 Å². The molecule has 0 bridgehead atoms. The molecular weight excluding hydrogens is 336 g/mol. The van der Waals surface area contributed by atoms with Gasteiger partial charge in [-0.25, -0.2) is 0 Å². The van der Waals surface area contributed by atoms with Crippen LogP contribution in [0.15, 0.2) is 18.2 Å². The zero-order valence-corrected chi connectivity index (χ0v) is 14.7. The maximum absolute atomic E-state index is 6.05. The molecule has 5 nitrogen and oxygen atoms in total. The van der Waals surface area contributed by atoms with E-state index in [1.807, 2.05) is 12.1 Å². The molecule has 0 aliphatic carbocycles. The number of piperidine rings is 1. The first-order valence-corrected chi connectivity index (χ1v) is 8.58. The second kappa shape index (κ2) is 7.21. The molecule has 0 atom stereocenters. The van der Waals surface area contributed by atoms with Crippen LogP contribution < -0.4 is 10.1 Å². The quantitative estimate of drug-likeness (QED) is 0.820. The van der Waals surface area contributed by atoms with E-state index < -0.39 is 5.79 Å². The van der Waals surface area contributed by atoms with Gasteiger partial charge in [0.15, 0.2) is 10.9 Å². The van der Waals surface area contributed by atoms with Gasteiger partial charge in [0.2, 0.25) is 0 Å². The van der Waals surface area contributed by atoms with E-state index in [2.05, 4.69) is 10.2 Å². The molecule has 1 aromatic carbocycles. The van der Waals surface area contributed by atoms with Gasteiger partial charge >= 0.3 is 0 Å². The molecule has 7 heteroatoms. The largest absolute Gasteiger partial charge is 0.495 e. The van der Waals surface area contributed by atoms with Gasteiger partial charge in [-0.3, -0.25) is 0 Å². The number of methoxy groups -OCH3 is 1. The summed E-state index contributed by atoms with van der Waals surface area (Å²) in [7, 11) is 1.62.